The number of nitrogens with zero attached hydrogens (tertiary/aromatic N) is 2. The molecule has 0 aliphatic heterocycles. The average Bonchev–Trinajstić information content (AvgIpc) is 2.86. The molecule has 0 atom stereocenters. The maximum absolute atomic E-state index is 12.1. The van der Waals surface area contributed by atoms with E-state index in [0.717, 1.165) is 16.8 Å². The van der Waals surface area contributed by atoms with Crippen molar-refractivity contribution in [3.8, 4) is 11.3 Å². The molecule has 0 spiro atoms. The zero-order valence-corrected chi connectivity index (χ0v) is 12.4. The summed E-state index contributed by atoms with van der Waals surface area (Å²) in [5.74, 6) is 0. The first-order valence-electron chi connectivity index (χ1n) is 6.41. The Balaban J connectivity index is 2.26. The van der Waals surface area contributed by atoms with Gasteiger partial charge in [0.1, 0.15) is 4.60 Å². The lowest BCUT2D eigenvalue weighted by Crippen LogP contribution is -2.05. The maximum Gasteiger partial charge on any atom is 0.380 e. The van der Waals surface area contributed by atoms with E-state index in [9.17, 15) is 4.79 Å². The highest BCUT2D eigenvalue weighted by molar-refractivity contribution is 9.10. The molecule has 2 heterocycles. The van der Waals surface area contributed by atoms with E-state index in [4.69, 9.17) is 4.42 Å². The SMILES string of the molecule is O=c1oc2ccccc2n2c(-c3ccccc3)c(Br)nc12. The molecule has 0 amide bonds. The molecule has 0 unspecified atom stereocenters. The summed E-state index contributed by atoms with van der Waals surface area (Å²) >= 11 is 3.45. The van der Waals surface area contributed by atoms with Crippen molar-refractivity contribution in [2.75, 3.05) is 0 Å². The van der Waals surface area contributed by atoms with Crippen LogP contribution in [0.15, 0.2) is 68.4 Å². The summed E-state index contributed by atoms with van der Waals surface area (Å²) in [6, 6.07) is 17.3. The molecule has 0 bridgehead atoms. The van der Waals surface area contributed by atoms with Gasteiger partial charge in [-0.3, -0.25) is 4.40 Å². The van der Waals surface area contributed by atoms with Crippen LogP contribution in [0.25, 0.3) is 28.0 Å². The van der Waals surface area contributed by atoms with Gasteiger partial charge in [0, 0.05) is 5.56 Å². The third-order valence-corrected chi connectivity index (χ3v) is 3.93. The molecule has 4 rings (SSSR count). The summed E-state index contributed by atoms with van der Waals surface area (Å²) in [5.41, 5.74) is 3.00. The van der Waals surface area contributed by atoms with E-state index in [1.165, 1.54) is 0 Å². The predicted molar refractivity (Wildman–Crippen MR) is 84.4 cm³/mol. The summed E-state index contributed by atoms with van der Waals surface area (Å²) in [7, 11) is 0. The molecule has 0 radical (unpaired) electrons. The minimum absolute atomic E-state index is 0.277. The minimum atomic E-state index is -0.448. The molecule has 2 aromatic heterocycles. The van der Waals surface area contributed by atoms with Gasteiger partial charge < -0.3 is 4.42 Å². The van der Waals surface area contributed by atoms with Gasteiger partial charge in [-0.2, -0.15) is 0 Å². The van der Waals surface area contributed by atoms with Crippen LogP contribution in [0.2, 0.25) is 0 Å². The zero-order chi connectivity index (χ0) is 14.4. The lowest BCUT2D eigenvalue weighted by atomic mass is 10.2. The van der Waals surface area contributed by atoms with Crippen LogP contribution in [0, 0.1) is 0 Å². The molecule has 0 saturated heterocycles. The molecular formula is C16H9BrN2O2. The van der Waals surface area contributed by atoms with E-state index >= 15 is 0 Å². The molecular weight excluding hydrogens is 332 g/mol. The van der Waals surface area contributed by atoms with Crippen molar-refractivity contribution in [3.63, 3.8) is 0 Å². The summed E-state index contributed by atoms with van der Waals surface area (Å²) in [6.07, 6.45) is 0. The zero-order valence-electron chi connectivity index (χ0n) is 10.8. The van der Waals surface area contributed by atoms with E-state index in [-0.39, 0.29) is 5.65 Å². The second-order valence-electron chi connectivity index (χ2n) is 4.63. The van der Waals surface area contributed by atoms with Crippen LogP contribution in [-0.2, 0) is 0 Å². The van der Waals surface area contributed by atoms with E-state index in [1.807, 2.05) is 52.9 Å². The van der Waals surface area contributed by atoms with Gasteiger partial charge in [-0.15, -0.1) is 0 Å². The number of para-hydroxylation sites is 2. The highest BCUT2D eigenvalue weighted by Gasteiger charge is 2.17. The molecule has 4 aromatic rings. The summed E-state index contributed by atoms with van der Waals surface area (Å²) in [6.45, 7) is 0. The molecule has 0 aliphatic rings. The molecule has 0 N–H and O–H groups in total. The van der Waals surface area contributed by atoms with Gasteiger partial charge in [-0.25, -0.2) is 9.78 Å². The van der Waals surface area contributed by atoms with Crippen molar-refractivity contribution in [1.82, 2.24) is 9.38 Å². The molecule has 0 aliphatic carbocycles. The van der Waals surface area contributed by atoms with Gasteiger partial charge in [0.05, 0.1) is 11.2 Å². The van der Waals surface area contributed by atoms with Gasteiger partial charge in [0.2, 0.25) is 5.65 Å². The number of aromatic nitrogens is 2. The van der Waals surface area contributed by atoms with Crippen molar-refractivity contribution in [2.45, 2.75) is 0 Å². The van der Waals surface area contributed by atoms with Crippen molar-refractivity contribution < 1.29 is 4.42 Å². The fraction of sp³-hybridized carbons (Fsp3) is 0. The predicted octanol–water partition coefficient (Wildman–Crippen LogP) is 3.87. The average molecular weight is 341 g/mol. The first-order chi connectivity index (χ1) is 10.3. The maximum atomic E-state index is 12.1. The Hall–Kier alpha value is -2.40. The van der Waals surface area contributed by atoms with Crippen LogP contribution in [0.4, 0.5) is 0 Å². The number of halogens is 1. The van der Waals surface area contributed by atoms with E-state index < -0.39 is 5.63 Å². The van der Waals surface area contributed by atoms with Gasteiger partial charge >= 0.3 is 5.63 Å². The van der Waals surface area contributed by atoms with Crippen molar-refractivity contribution in [2.24, 2.45) is 0 Å². The second kappa shape index (κ2) is 4.56. The van der Waals surface area contributed by atoms with Gasteiger partial charge in [0.15, 0.2) is 5.58 Å². The third kappa shape index (κ3) is 1.81. The van der Waals surface area contributed by atoms with Crippen molar-refractivity contribution in [3.05, 3.63) is 69.6 Å². The third-order valence-electron chi connectivity index (χ3n) is 3.37. The molecule has 0 fully saturated rings. The smallest absolute Gasteiger partial charge is 0.380 e. The minimum Gasteiger partial charge on any atom is -0.418 e. The number of hydrogen-bond acceptors (Lipinski definition) is 3. The van der Waals surface area contributed by atoms with Crippen molar-refractivity contribution >= 4 is 32.7 Å². The Kier molecular flexibility index (Phi) is 2.68. The van der Waals surface area contributed by atoms with Crippen LogP contribution in [-0.4, -0.2) is 9.38 Å². The molecule has 2 aromatic carbocycles. The Morgan fingerprint density at radius 3 is 2.52 bits per heavy atom. The first kappa shape index (κ1) is 12.3. The number of benzene rings is 2. The fourth-order valence-corrected chi connectivity index (χ4v) is 3.06. The number of rotatable bonds is 1. The van der Waals surface area contributed by atoms with Crippen LogP contribution < -0.4 is 5.63 Å². The van der Waals surface area contributed by atoms with Crippen LogP contribution >= 0.6 is 15.9 Å². The molecule has 0 saturated carbocycles. The fourth-order valence-electron chi connectivity index (χ4n) is 2.48. The van der Waals surface area contributed by atoms with Gasteiger partial charge in [-0.05, 0) is 28.1 Å². The lowest BCUT2D eigenvalue weighted by Gasteiger charge is -2.05. The van der Waals surface area contributed by atoms with E-state index in [1.54, 1.807) is 6.07 Å². The summed E-state index contributed by atoms with van der Waals surface area (Å²) in [4.78, 5) is 16.4. The Labute approximate surface area is 127 Å². The number of fused-ring (bicyclic) bond motifs is 3. The Morgan fingerprint density at radius 1 is 1.00 bits per heavy atom. The summed E-state index contributed by atoms with van der Waals surface area (Å²) < 4.78 is 7.78. The largest absolute Gasteiger partial charge is 0.418 e. The topological polar surface area (TPSA) is 47.5 Å². The molecule has 102 valence electrons. The Bertz CT molecular complexity index is 1020. The standard InChI is InChI=1S/C16H9BrN2O2/c17-14-13(10-6-2-1-3-7-10)19-11-8-4-5-9-12(11)21-16(20)15(19)18-14/h1-9H. The molecule has 21 heavy (non-hydrogen) atoms. The first-order valence-corrected chi connectivity index (χ1v) is 7.20. The van der Waals surface area contributed by atoms with E-state index in [0.29, 0.717) is 10.2 Å². The van der Waals surface area contributed by atoms with Gasteiger partial charge in [-0.1, -0.05) is 42.5 Å². The second-order valence-corrected chi connectivity index (χ2v) is 5.38. The van der Waals surface area contributed by atoms with Crippen LogP contribution in [0.1, 0.15) is 0 Å². The molecule has 5 heteroatoms. The number of hydrogen-bond donors (Lipinski definition) is 0. The van der Waals surface area contributed by atoms with E-state index in [2.05, 4.69) is 20.9 Å². The van der Waals surface area contributed by atoms with Crippen LogP contribution in [0.3, 0.4) is 0 Å². The summed E-state index contributed by atoms with van der Waals surface area (Å²) in [5, 5.41) is 0. The normalized spacial score (nSPS) is 11.3. The van der Waals surface area contributed by atoms with Crippen molar-refractivity contribution in [1.29, 1.82) is 0 Å². The monoisotopic (exact) mass is 340 g/mol. The highest BCUT2D eigenvalue weighted by Crippen LogP contribution is 2.30. The van der Waals surface area contributed by atoms with Crippen LogP contribution in [0.5, 0.6) is 0 Å². The lowest BCUT2D eigenvalue weighted by molar-refractivity contribution is 0.560. The quantitative estimate of drug-likeness (QED) is 0.528. The van der Waals surface area contributed by atoms with Gasteiger partial charge in [0.25, 0.3) is 0 Å². The Morgan fingerprint density at radius 2 is 1.71 bits per heavy atom. The molecule has 4 nitrogen and oxygen atoms in total. The highest BCUT2D eigenvalue weighted by atomic mass is 79.9. The number of imidazole rings is 1.